The van der Waals surface area contributed by atoms with E-state index in [2.05, 4.69) is 25.9 Å². The van der Waals surface area contributed by atoms with E-state index in [0.717, 1.165) is 17.5 Å². The number of aromatic nitrogens is 2. The molecule has 2 saturated carbocycles. The molecule has 0 radical (unpaired) electrons. The number of nitrogens with one attached hydrogen (secondary N) is 3. The Morgan fingerprint density at radius 2 is 2.03 bits per heavy atom. The smallest absolute Gasteiger partial charge is 0.319 e. The Hall–Kier alpha value is -4.34. The minimum atomic E-state index is -0.364. The van der Waals surface area contributed by atoms with Crippen LogP contribution in [0, 0.1) is 5.92 Å². The number of phenols is 1. The number of aromatic hydroxyl groups is 1. The number of hydrogen-bond acceptors (Lipinski definition) is 7. The van der Waals surface area contributed by atoms with Crippen LogP contribution >= 0.6 is 0 Å². The lowest BCUT2D eigenvalue weighted by molar-refractivity contribution is -0.116. The van der Waals surface area contributed by atoms with Gasteiger partial charge in [0.2, 0.25) is 11.8 Å². The van der Waals surface area contributed by atoms with Crippen LogP contribution < -0.4 is 25.4 Å². The van der Waals surface area contributed by atoms with Crippen molar-refractivity contribution >= 4 is 23.4 Å². The molecule has 178 valence electrons. The van der Waals surface area contributed by atoms with Gasteiger partial charge in [0.05, 0.1) is 12.6 Å². The second-order valence-corrected chi connectivity index (χ2v) is 9.00. The third-order valence-electron chi connectivity index (χ3n) is 6.89. The van der Waals surface area contributed by atoms with Crippen LogP contribution in [0.2, 0.25) is 0 Å². The average Bonchev–Trinajstić information content (AvgIpc) is 3.71. The molecule has 0 bridgehead atoms. The molecule has 0 spiro atoms. The van der Waals surface area contributed by atoms with Crippen LogP contribution in [0.25, 0.3) is 0 Å². The van der Waals surface area contributed by atoms with Gasteiger partial charge >= 0.3 is 6.03 Å². The number of benzene rings is 1. The molecule has 3 amide bonds. The Kier molecular flexibility index (Phi) is 4.77. The van der Waals surface area contributed by atoms with Crippen molar-refractivity contribution in [2.45, 2.75) is 30.7 Å². The number of fused-ring (bicyclic) bond motifs is 2. The summed E-state index contributed by atoms with van der Waals surface area (Å²) >= 11 is 0. The van der Waals surface area contributed by atoms with Gasteiger partial charge in [-0.05, 0) is 49.1 Å². The Morgan fingerprint density at radius 3 is 2.86 bits per heavy atom. The van der Waals surface area contributed by atoms with Crippen LogP contribution in [0.3, 0.4) is 0 Å². The molecule has 10 heteroatoms. The summed E-state index contributed by atoms with van der Waals surface area (Å²) in [6.45, 7) is 0. The van der Waals surface area contributed by atoms with Crippen LogP contribution in [0.5, 0.6) is 23.1 Å². The number of urea groups is 1. The molecule has 0 saturated heterocycles. The summed E-state index contributed by atoms with van der Waals surface area (Å²) in [5, 5.41) is 19.2. The number of carbonyl (C=O) groups excluding carboxylic acids is 2. The number of nitrogens with zero attached hydrogens (tertiary/aromatic N) is 2. The van der Waals surface area contributed by atoms with Gasteiger partial charge < -0.3 is 30.5 Å². The normalized spacial score (nSPS) is 23.3. The Bertz CT molecular complexity index is 1360. The molecule has 35 heavy (non-hydrogen) atoms. The Labute approximate surface area is 200 Å². The van der Waals surface area contributed by atoms with E-state index in [-0.39, 0.29) is 35.1 Å². The molecule has 3 aliphatic rings. The summed E-state index contributed by atoms with van der Waals surface area (Å²) in [5.74, 6) is 2.49. The summed E-state index contributed by atoms with van der Waals surface area (Å²) in [7, 11) is 1.51. The van der Waals surface area contributed by atoms with Gasteiger partial charge in [-0.15, -0.1) is 0 Å². The maximum absolute atomic E-state index is 12.6. The number of anilines is 2. The molecule has 3 atom stereocenters. The van der Waals surface area contributed by atoms with Crippen molar-refractivity contribution in [3.05, 3.63) is 59.9 Å². The quantitative estimate of drug-likeness (QED) is 0.430. The first kappa shape index (κ1) is 21.2. The molecule has 4 N–H and O–H groups in total. The highest BCUT2D eigenvalue weighted by atomic mass is 16.5. The molecule has 0 unspecified atom stereocenters. The zero-order valence-corrected chi connectivity index (χ0v) is 18.9. The van der Waals surface area contributed by atoms with Crippen LogP contribution in [0.15, 0.2) is 48.8 Å². The van der Waals surface area contributed by atoms with Crippen LogP contribution in [-0.2, 0) is 11.2 Å². The largest absolute Gasteiger partial charge is 0.508 e. The predicted molar refractivity (Wildman–Crippen MR) is 126 cm³/mol. The van der Waals surface area contributed by atoms with Crippen molar-refractivity contribution in [2.75, 3.05) is 17.7 Å². The Morgan fingerprint density at radius 1 is 1.17 bits per heavy atom. The highest BCUT2D eigenvalue weighted by Gasteiger charge is 2.80. The zero-order chi connectivity index (χ0) is 24.2. The van der Waals surface area contributed by atoms with E-state index >= 15 is 0 Å². The van der Waals surface area contributed by atoms with Gasteiger partial charge in [-0.2, -0.15) is 0 Å². The molecule has 2 aromatic heterocycles. The van der Waals surface area contributed by atoms with E-state index < -0.39 is 0 Å². The van der Waals surface area contributed by atoms with Gasteiger partial charge in [0.15, 0.2) is 0 Å². The fourth-order valence-electron chi connectivity index (χ4n) is 4.92. The number of hydrogen-bond donors (Lipinski definition) is 4. The van der Waals surface area contributed by atoms with Crippen molar-refractivity contribution < 1.29 is 24.2 Å². The fraction of sp³-hybridized carbons (Fsp3) is 0.280. The molecule has 3 heterocycles. The number of pyridine rings is 2. The highest BCUT2D eigenvalue weighted by molar-refractivity contribution is 5.93. The molecule has 10 nitrogen and oxygen atoms in total. The van der Waals surface area contributed by atoms with Gasteiger partial charge in [0.1, 0.15) is 23.1 Å². The molecule has 2 aliphatic carbocycles. The Balaban J connectivity index is 1.16. The van der Waals surface area contributed by atoms with E-state index in [4.69, 9.17) is 9.47 Å². The monoisotopic (exact) mass is 473 g/mol. The second kappa shape index (κ2) is 7.86. The van der Waals surface area contributed by atoms with E-state index in [9.17, 15) is 14.7 Å². The number of amides is 3. The van der Waals surface area contributed by atoms with Crippen molar-refractivity contribution in [1.82, 2.24) is 15.3 Å². The average molecular weight is 473 g/mol. The van der Waals surface area contributed by atoms with Gasteiger partial charge in [-0.3, -0.25) is 4.79 Å². The highest BCUT2D eigenvalue weighted by Crippen LogP contribution is 2.77. The van der Waals surface area contributed by atoms with Crippen LogP contribution in [0.1, 0.15) is 29.9 Å². The SMILES string of the molecule is COc1cc(NC(=O)N[C@@]23C[C@H]2[C@H]3c2cc(Oc3ccnc4c3CCC(=O)N4)ccc2O)ccn1. The molecule has 6 rings (SSSR count). The molecular formula is C25H23N5O5. The summed E-state index contributed by atoms with van der Waals surface area (Å²) in [4.78, 5) is 32.5. The van der Waals surface area contributed by atoms with Crippen molar-refractivity contribution in [1.29, 1.82) is 0 Å². The van der Waals surface area contributed by atoms with E-state index in [1.165, 1.54) is 7.11 Å². The number of carbonyl (C=O) groups is 2. The fourth-order valence-corrected chi connectivity index (χ4v) is 4.92. The maximum atomic E-state index is 12.6. The van der Waals surface area contributed by atoms with Crippen LogP contribution in [-0.4, -0.2) is 39.7 Å². The first-order chi connectivity index (χ1) is 17.0. The lowest BCUT2D eigenvalue weighted by Gasteiger charge is -2.20. The second-order valence-electron chi connectivity index (χ2n) is 9.00. The lowest BCUT2D eigenvalue weighted by Crippen LogP contribution is -2.36. The molecule has 1 aromatic carbocycles. The predicted octanol–water partition coefficient (Wildman–Crippen LogP) is 3.55. The summed E-state index contributed by atoms with van der Waals surface area (Å²) < 4.78 is 11.2. The van der Waals surface area contributed by atoms with Gasteiger partial charge in [0.25, 0.3) is 0 Å². The zero-order valence-electron chi connectivity index (χ0n) is 18.9. The minimum absolute atomic E-state index is 0.00872. The van der Waals surface area contributed by atoms with Gasteiger partial charge in [-0.1, -0.05) is 0 Å². The molecule has 3 aromatic rings. The summed E-state index contributed by atoms with van der Waals surface area (Å²) in [6.07, 6.45) is 4.93. The maximum Gasteiger partial charge on any atom is 0.319 e. The molecular weight excluding hydrogens is 450 g/mol. The number of rotatable bonds is 6. The third-order valence-corrected chi connectivity index (χ3v) is 6.89. The van der Waals surface area contributed by atoms with E-state index in [1.807, 2.05) is 6.07 Å². The molecule has 1 aliphatic heterocycles. The van der Waals surface area contributed by atoms with Crippen molar-refractivity contribution in [3.63, 3.8) is 0 Å². The van der Waals surface area contributed by atoms with E-state index in [1.54, 1.807) is 42.7 Å². The number of methoxy groups -OCH3 is 1. The standard InChI is InChI=1S/C25H23N5O5/c1-34-21-10-13(6-8-26-21)28-24(33)30-25-12-17(25)22(25)16-11-14(2-4-18(16)31)35-19-7-9-27-23-15(19)3-5-20(32)29-23/h2,4,6-11,17,22,31H,3,5,12H2,1H3,(H,27,29,32)(H2,26,28,30,33)/t17-,22+,25-/m0/s1. The first-order valence-corrected chi connectivity index (χ1v) is 11.3. The van der Waals surface area contributed by atoms with Gasteiger partial charge in [-0.25, -0.2) is 14.8 Å². The van der Waals surface area contributed by atoms with Crippen LogP contribution in [0.4, 0.5) is 16.3 Å². The summed E-state index contributed by atoms with van der Waals surface area (Å²) in [6, 6.07) is 9.89. The topological polar surface area (TPSA) is 135 Å². The van der Waals surface area contributed by atoms with E-state index in [0.29, 0.717) is 41.7 Å². The van der Waals surface area contributed by atoms with Crippen molar-refractivity contribution in [2.24, 2.45) is 5.92 Å². The van der Waals surface area contributed by atoms with Crippen molar-refractivity contribution in [3.8, 4) is 23.1 Å². The third kappa shape index (κ3) is 3.76. The number of ether oxygens (including phenoxy) is 2. The summed E-state index contributed by atoms with van der Waals surface area (Å²) in [5.41, 5.74) is 1.80. The first-order valence-electron chi connectivity index (χ1n) is 11.3. The number of phenolic OH excluding ortho intramolecular Hbond substituents is 1. The van der Waals surface area contributed by atoms with Gasteiger partial charge in [0, 0.05) is 47.6 Å². The lowest BCUT2D eigenvalue weighted by atomic mass is 9.99. The molecule has 2 fully saturated rings. The minimum Gasteiger partial charge on any atom is -0.508 e.